The zero-order valence-electron chi connectivity index (χ0n) is 12.3. The largest absolute Gasteiger partial charge is 0.370 e. The second-order valence-corrected chi connectivity index (χ2v) is 5.97. The molecule has 0 spiro atoms. The third-order valence-electron chi connectivity index (χ3n) is 3.29. The Morgan fingerprint density at radius 1 is 1.13 bits per heavy atom. The van der Waals surface area contributed by atoms with Crippen LogP contribution in [0.25, 0.3) is 0 Å². The smallest absolute Gasteiger partial charge is 0.257 e. The normalized spacial score (nSPS) is 10.3. The average molecular weight is 379 g/mol. The van der Waals surface area contributed by atoms with Crippen molar-refractivity contribution >= 4 is 27.7 Å². The van der Waals surface area contributed by atoms with Crippen LogP contribution < -0.4 is 5.73 Å². The van der Waals surface area contributed by atoms with Crippen LogP contribution in [0.2, 0.25) is 0 Å². The van der Waals surface area contributed by atoms with Gasteiger partial charge in [-0.2, -0.15) is 0 Å². The van der Waals surface area contributed by atoms with Crippen molar-refractivity contribution in [3.05, 3.63) is 69.9 Å². The molecule has 0 aliphatic rings. The van der Waals surface area contributed by atoms with Gasteiger partial charge in [0.05, 0.1) is 5.56 Å². The van der Waals surface area contributed by atoms with Crippen LogP contribution in [0.3, 0.4) is 0 Å². The standard InChI is InChI=1S/C17H16BrFN2O2/c18-13-6-7-14(15(19)10-13)17(23)21(9-8-16(20)22)11-12-4-2-1-3-5-12/h1-7,10H,8-9,11H2,(H2,20,22). The van der Waals surface area contributed by atoms with Crippen molar-refractivity contribution in [1.29, 1.82) is 0 Å². The number of carbonyl (C=O) groups is 2. The summed E-state index contributed by atoms with van der Waals surface area (Å²) in [6.45, 7) is 0.418. The van der Waals surface area contributed by atoms with Crippen molar-refractivity contribution in [3.8, 4) is 0 Å². The number of hydrogen-bond acceptors (Lipinski definition) is 2. The van der Waals surface area contributed by atoms with Crippen molar-refractivity contribution in [1.82, 2.24) is 4.90 Å². The van der Waals surface area contributed by atoms with Gasteiger partial charge in [0.25, 0.3) is 5.91 Å². The van der Waals surface area contributed by atoms with Gasteiger partial charge in [0.15, 0.2) is 0 Å². The molecule has 0 heterocycles. The topological polar surface area (TPSA) is 63.4 Å². The van der Waals surface area contributed by atoms with Crippen LogP contribution in [0.5, 0.6) is 0 Å². The molecule has 0 fully saturated rings. The highest BCUT2D eigenvalue weighted by atomic mass is 79.9. The van der Waals surface area contributed by atoms with E-state index >= 15 is 0 Å². The molecule has 23 heavy (non-hydrogen) atoms. The third-order valence-corrected chi connectivity index (χ3v) is 3.79. The Morgan fingerprint density at radius 2 is 1.83 bits per heavy atom. The van der Waals surface area contributed by atoms with E-state index in [4.69, 9.17) is 5.73 Å². The van der Waals surface area contributed by atoms with Crippen molar-refractivity contribution in [3.63, 3.8) is 0 Å². The SMILES string of the molecule is NC(=O)CCN(Cc1ccccc1)C(=O)c1ccc(Br)cc1F. The Kier molecular flexibility index (Phi) is 5.87. The highest BCUT2D eigenvalue weighted by Gasteiger charge is 2.20. The molecule has 2 N–H and O–H groups in total. The highest BCUT2D eigenvalue weighted by Crippen LogP contribution is 2.18. The van der Waals surface area contributed by atoms with Crippen molar-refractivity contribution in [2.45, 2.75) is 13.0 Å². The summed E-state index contributed by atoms with van der Waals surface area (Å²) in [6.07, 6.45) is 0.0245. The fraction of sp³-hybridized carbons (Fsp3) is 0.176. The molecule has 0 saturated carbocycles. The van der Waals surface area contributed by atoms with Crippen LogP contribution >= 0.6 is 15.9 Å². The molecule has 0 aliphatic heterocycles. The molecule has 0 unspecified atom stereocenters. The fourth-order valence-corrected chi connectivity index (χ4v) is 2.47. The minimum absolute atomic E-state index is 0.0245. The van der Waals surface area contributed by atoms with Crippen LogP contribution in [0.4, 0.5) is 4.39 Å². The van der Waals surface area contributed by atoms with Crippen molar-refractivity contribution in [2.24, 2.45) is 5.73 Å². The number of nitrogens with zero attached hydrogens (tertiary/aromatic N) is 1. The van der Waals surface area contributed by atoms with E-state index in [2.05, 4.69) is 15.9 Å². The summed E-state index contributed by atoms with van der Waals surface area (Å²) >= 11 is 3.16. The number of amides is 2. The second kappa shape index (κ2) is 7.87. The first kappa shape index (κ1) is 17.1. The van der Waals surface area contributed by atoms with E-state index in [1.165, 1.54) is 17.0 Å². The molecule has 0 radical (unpaired) electrons. The summed E-state index contributed by atoms with van der Waals surface area (Å²) in [5.41, 5.74) is 6.02. The number of carbonyl (C=O) groups excluding carboxylic acids is 2. The van der Waals surface area contributed by atoms with E-state index in [1.54, 1.807) is 6.07 Å². The lowest BCUT2D eigenvalue weighted by atomic mass is 10.1. The van der Waals surface area contributed by atoms with Gasteiger partial charge in [-0.3, -0.25) is 9.59 Å². The molecule has 2 aromatic rings. The molecule has 4 nitrogen and oxygen atoms in total. The molecule has 2 rings (SSSR count). The third kappa shape index (κ3) is 4.89. The highest BCUT2D eigenvalue weighted by molar-refractivity contribution is 9.10. The van der Waals surface area contributed by atoms with Gasteiger partial charge in [-0.1, -0.05) is 46.3 Å². The molecule has 0 atom stereocenters. The lowest BCUT2D eigenvalue weighted by molar-refractivity contribution is -0.118. The predicted molar refractivity (Wildman–Crippen MR) is 89.1 cm³/mol. The van der Waals surface area contributed by atoms with Gasteiger partial charge >= 0.3 is 0 Å². The van der Waals surface area contributed by atoms with E-state index in [1.807, 2.05) is 30.3 Å². The van der Waals surface area contributed by atoms with E-state index in [9.17, 15) is 14.0 Å². The molecule has 2 amide bonds. The molecular formula is C17H16BrFN2O2. The van der Waals surface area contributed by atoms with Crippen molar-refractivity contribution in [2.75, 3.05) is 6.54 Å². The maximum absolute atomic E-state index is 14.0. The van der Waals surface area contributed by atoms with E-state index in [0.717, 1.165) is 5.56 Å². The summed E-state index contributed by atoms with van der Waals surface area (Å²) in [4.78, 5) is 25.1. The molecule has 6 heteroatoms. The zero-order chi connectivity index (χ0) is 16.8. The molecule has 0 bridgehead atoms. The average Bonchev–Trinajstić information content (AvgIpc) is 2.51. The molecule has 0 aliphatic carbocycles. The Bertz CT molecular complexity index is 707. The quantitative estimate of drug-likeness (QED) is 0.839. The Balaban J connectivity index is 2.24. The van der Waals surface area contributed by atoms with Gasteiger partial charge in [-0.15, -0.1) is 0 Å². The molecule has 0 aromatic heterocycles. The Labute approximate surface area is 142 Å². The minimum Gasteiger partial charge on any atom is -0.370 e. The first-order valence-electron chi connectivity index (χ1n) is 7.04. The maximum atomic E-state index is 14.0. The second-order valence-electron chi connectivity index (χ2n) is 5.05. The van der Waals surface area contributed by atoms with Gasteiger partial charge in [-0.05, 0) is 23.8 Å². The van der Waals surface area contributed by atoms with E-state index in [0.29, 0.717) is 4.47 Å². The Morgan fingerprint density at radius 3 is 2.43 bits per heavy atom. The zero-order valence-corrected chi connectivity index (χ0v) is 13.9. The molecular weight excluding hydrogens is 363 g/mol. The Hall–Kier alpha value is -2.21. The molecule has 120 valence electrons. The summed E-state index contributed by atoms with van der Waals surface area (Å²) < 4.78 is 14.6. The molecule has 0 saturated heterocycles. The van der Waals surface area contributed by atoms with Crippen LogP contribution in [-0.2, 0) is 11.3 Å². The van der Waals surface area contributed by atoms with Gasteiger partial charge < -0.3 is 10.6 Å². The fourth-order valence-electron chi connectivity index (χ4n) is 2.13. The summed E-state index contributed by atoms with van der Waals surface area (Å²) in [5.74, 6) is -1.59. The van der Waals surface area contributed by atoms with Crippen LogP contribution in [-0.4, -0.2) is 23.3 Å². The lowest BCUT2D eigenvalue weighted by Crippen LogP contribution is -2.34. The minimum atomic E-state index is -0.610. The predicted octanol–water partition coefficient (Wildman–Crippen LogP) is 3.11. The lowest BCUT2D eigenvalue weighted by Gasteiger charge is -2.22. The van der Waals surface area contributed by atoms with Crippen LogP contribution in [0, 0.1) is 5.82 Å². The van der Waals surface area contributed by atoms with Crippen molar-refractivity contribution < 1.29 is 14.0 Å². The number of benzene rings is 2. The summed E-state index contributed by atoms with van der Waals surface area (Å²) in [7, 11) is 0. The number of primary amides is 1. The van der Waals surface area contributed by atoms with Gasteiger partial charge in [0, 0.05) is 24.0 Å². The number of halogens is 2. The number of hydrogen-bond donors (Lipinski definition) is 1. The summed E-state index contributed by atoms with van der Waals surface area (Å²) in [5, 5.41) is 0. The van der Waals surface area contributed by atoms with E-state index < -0.39 is 17.6 Å². The van der Waals surface area contributed by atoms with E-state index in [-0.39, 0.29) is 25.1 Å². The summed E-state index contributed by atoms with van der Waals surface area (Å²) in [6, 6.07) is 13.6. The first-order valence-corrected chi connectivity index (χ1v) is 7.83. The van der Waals surface area contributed by atoms with Crippen LogP contribution in [0.15, 0.2) is 53.0 Å². The first-order chi connectivity index (χ1) is 11.0. The number of rotatable bonds is 6. The van der Waals surface area contributed by atoms with Gasteiger partial charge in [-0.25, -0.2) is 4.39 Å². The monoisotopic (exact) mass is 378 g/mol. The van der Waals surface area contributed by atoms with Crippen LogP contribution in [0.1, 0.15) is 22.3 Å². The van der Waals surface area contributed by atoms with Gasteiger partial charge in [0.1, 0.15) is 5.82 Å². The van der Waals surface area contributed by atoms with Gasteiger partial charge in [0.2, 0.25) is 5.91 Å². The molecule has 2 aromatic carbocycles. The number of nitrogens with two attached hydrogens (primary N) is 1. The maximum Gasteiger partial charge on any atom is 0.257 e.